The van der Waals surface area contributed by atoms with Gasteiger partial charge in [0.05, 0.1) is 13.5 Å². The monoisotopic (exact) mass is 323 g/mol. The van der Waals surface area contributed by atoms with E-state index in [4.69, 9.17) is 16.3 Å². The maximum absolute atomic E-state index is 12.5. The van der Waals surface area contributed by atoms with Gasteiger partial charge in [-0.25, -0.2) is 4.99 Å². The fourth-order valence-electron chi connectivity index (χ4n) is 1.99. The maximum Gasteiger partial charge on any atom is 0.393 e. The van der Waals surface area contributed by atoms with Crippen LogP contribution in [0.2, 0.25) is 0 Å². The van der Waals surface area contributed by atoms with Gasteiger partial charge >= 0.3 is 6.18 Å². The van der Waals surface area contributed by atoms with Gasteiger partial charge < -0.3 is 4.74 Å². The number of aliphatic imine (C=N–C) groups is 1. The van der Waals surface area contributed by atoms with Crippen LogP contribution in [0.3, 0.4) is 0 Å². The smallest absolute Gasteiger partial charge is 0.393 e. The molecular formula is C13H13ClF3NOS. The third kappa shape index (κ3) is 3.55. The first-order valence-electron chi connectivity index (χ1n) is 5.98. The summed E-state index contributed by atoms with van der Waals surface area (Å²) in [5, 5.41) is 0.171. The van der Waals surface area contributed by atoms with E-state index in [0.29, 0.717) is 17.9 Å². The number of nitrogens with zero attached hydrogens (tertiary/aromatic N) is 1. The van der Waals surface area contributed by atoms with Crippen LogP contribution in [0.4, 0.5) is 13.2 Å². The predicted molar refractivity (Wildman–Crippen MR) is 74.6 cm³/mol. The van der Waals surface area contributed by atoms with Crippen molar-refractivity contribution in [2.45, 2.75) is 31.9 Å². The molecule has 0 N–H and O–H groups in total. The first-order valence-corrected chi connectivity index (χ1v) is 7.17. The molecule has 0 saturated heterocycles. The largest absolute Gasteiger partial charge is 0.481 e. The zero-order valence-electron chi connectivity index (χ0n) is 10.9. The third-order valence-corrected chi connectivity index (χ3v) is 4.57. The molecule has 0 aliphatic carbocycles. The summed E-state index contributed by atoms with van der Waals surface area (Å²) in [6.07, 6.45) is -2.72. The lowest BCUT2D eigenvalue weighted by Gasteiger charge is -2.13. The average Bonchev–Trinajstić information content (AvgIpc) is 2.73. The van der Waals surface area contributed by atoms with Crippen LogP contribution in [0.1, 0.15) is 34.6 Å². The third-order valence-electron chi connectivity index (χ3n) is 2.92. The van der Waals surface area contributed by atoms with Crippen LogP contribution in [-0.4, -0.2) is 18.5 Å². The van der Waals surface area contributed by atoms with Crippen LogP contribution < -0.4 is 0 Å². The number of methoxy groups -OCH3 is 1. The van der Waals surface area contributed by atoms with Gasteiger partial charge in [-0.05, 0) is 24.5 Å². The molecule has 0 aromatic carbocycles. The molecule has 2 nitrogen and oxygen atoms in total. The summed E-state index contributed by atoms with van der Waals surface area (Å²) in [7, 11) is 1.48. The van der Waals surface area contributed by atoms with Crippen molar-refractivity contribution in [2.24, 2.45) is 4.99 Å². The molecule has 0 fully saturated rings. The minimum Gasteiger partial charge on any atom is -0.481 e. The maximum atomic E-state index is 12.5. The van der Waals surface area contributed by atoms with Gasteiger partial charge in [0.25, 0.3) is 0 Å². The molecule has 2 rings (SSSR count). The van der Waals surface area contributed by atoms with Gasteiger partial charge in [-0.2, -0.15) is 13.2 Å². The Morgan fingerprint density at radius 3 is 2.80 bits per heavy atom. The van der Waals surface area contributed by atoms with E-state index in [1.807, 2.05) is 6.92 Å². The Morgan fingerprint density at radius 2 is 2.20 bits per heavy atom. The summed E-state index contributed by atoms with van der Waals surface area (Å²) >= 11 is 7.25. The van der Waals surface area contributed by atoms with Gasteiger partial charge in [-0.3, -0.25) is 0 Å². The molecule has 2 heterocycles. The highest BCUT2D eigenvalue weighted by atomic mass is 35.5. The Balaban J connectivity index is 2.41. The number of fused-ring (bicyclic) bond motifs is 1. The lowest BCUT2D eigenvalue weighted by Crippen LogP contribution is -2.10. The Bertz CT molecular complexity index is 562. The number of hydrogen-bond acceptors (Lipinski definition) is 3. The molecule has 1 atom stereocenters. The Hall–Kier alpha value is -1.01. The minimum absolute atomic E-state index is 0.0754. The van der Waals surface area contributed by atoms with E-state index < -0.39 is 12.6 Å². The van der Waals surface area contributed by atoms with E-state index >= 15 is 0 Å². The summed E-state index contributed by atoms with van der Waals surface area (Å²) in [5.41, 5.74) is 0.575. The molecule has 7 heteroatoms. The number of thiophene rings is 1. The van der Waals surface area contributed by atoms with Crippen LogP contribution >= 0.6 is 22.9 Å². The molecule has 0 radical (unpaired) electrons. The van der Waals surface area contributed by atoms with E-state index in [2.05, 4.69) is 4.99 Å². The quantitative estimate of drug-likeness (QED) is 0.763. The van der Waals surface area contributed by atoms with Crippen molar-refractivity contribution in [1.29, 1.82) is 0 Å². The molecule has 1 aromatic heterocycles. The zero-order chi connectivity index (χ0) is 14.9. The highest BCUT2D eigenvalue weighted by Gasteiger charge is 2.30. The van der Waals surface area contributed by atoms with Crippen molar-refractivity contribution in [2.75, 3.05) is 7.11 Å². The first kappa shape index (κ1) is 15.4. The SMILES string of the molecule is COC1=C\CC(C)c2sc(CC(F)(F)F)cc2/C(Cl)=N\1. The molecule has 0 spiro atoms. The lowest BCUT2D eigenvalue weighted by atomic mass is 10.0. The average molecular weight is 324 g/mol. The van der Waals surface area contributed by atoms with Crippen LogP contribution in [0.15, 0.2) is 23.0 Å². The Kier molecular flexibility index (Phi) is 4.44. The molecule has 1 unspecified atom stereocenters. The summed E-state index contributed by atoms with van der Waals surface area (Å²) in [4.78, 5) is 5.18. The second-order valence-corrected chi connectivity index (χ2v) is 6.09. The Morgan fingerprint density at radius 1 is 1.50 bits per heavy atom. The van der Waals surface area contributed by atoms with Gasteiger partial charge in [0.1, 0.15) is 5.17 Å². The summed E-state index contributed by atoms with van der Waals surface area (Å²) in [5.74, 6) is 0.461. The normalized spacial score (nSPS) is 24.8. The van der Waals surface area contributed by atoms with Crippen molar-refractivity contribution in [1.82, 2.24) is 0 Å². The highest BCUT2D eigenvalue weighted by molar-refractivity contribution is 7.12. The summed E-state index contributed by atoms with van der Waals surface area (Å²) in [6.45, 7) is 1.95. The molecule has 110 valence electrons. The fraction of sp³-hybridized carbons (Fsp3) is 0.462. The molecular weight excluding hydrogens is 311 g/mol. The van der Waals surface area contributed by atoms with Crippen LogP contribution in [-0.2, 0) is 11.2 Å². The molecule has 0 amide bonds. The van der Waals surface area contributed by atoms with E-state index in [-0.39, 0.29) is 16.0 Å². The van der Waals surface area contributed by atoms with Crippen LogP contribution in [0, 0.1) is 0 Å². The van der Waals surface area contributed by atoms with Crippen LogP contribution in [0.25, 0.3) is 0 Å². The molecule has 1 aromatic rings. The number of allylic oxidation sites excluding steroid dienone is 1. The van der Waals surface area contributed by atoms with Crippen molar-refractivity contribution >= 4 is 28.1 Å². The number of halogens is 4. The van der Waals surface area contributed by atoms with Crippen LogP contribution in [0.5, 0.6) is 0 Å². The minimum atomic E-state index is -4.22. The Labute approximate surface area is 123 Å². The second kappa shape index (κ2) is 5.77. The van der Waals surface area contributed by atoms with Gasteiger partial charge in [0, 0.05) is 15.3 Å². The number of hydrogen-bond donors (Lipinski definition) is 0. The van der Waals surface area contributed by atoms with E-state index in [0.717, 1.165) is 16.2 Å². The number of alkyl halides is 3. The van der Waals surface area contributed by atoms with E-state index in [9.17, 15) is 13.2 Å². The molecule has 20 heavy (non-hydrogen) atoms. The highest BCUT2D eigenvalue weighted by Crippen LogP contribution is 2.37. The topological polar surface area (TPSA) is 21.6 Å². The van der Waals surface area contributed by atoms with Gasteiger partial charge in [0.15, 0.2) is 0 Å². The van der Waals surface area contributed by atoms with Gasteiger partial charge in [0.2, 0.25) is 5.88 Å². The standard InChI is InChI=1S/C13H13ClF3NOS/c1-7-3-4-10(19-2)18-12(14)9-5-8(20-11(7)9)6-13(15,16)17/h4-5,7H,3,6H2,1-2H3/b10-4-,18-12+. The van der Waals surface area contributed by atoms with E-state index in [1.54, 1.807) is 6.08 Å². The summed E-state index contributed by atoms with van der Waals surface area (Å²) < 4.78 is 42.5. The molecule has 0 saturated carbocycles. The van der Waals surface area contributed by atoms with Crippen molar-refractivity contribution < 1.29 is 17.9 Å². The fourth-order valence-corrected chi connectivity index (χ4v) is 3.54. The van der Waals surface area contributed by atoms with Crippen molar-refractivity contribution in [3.63, 3.8) is 0 Å². The van der Waals surface area contributed by atoms with Gasteiger partial charge in [-0.15, -0.1) is 11.3 Å². The number of rotatable bonds is 2. The predicted octanol–water partition coefficient (Wildman–Crippen LogP) is 4.83. The molecule has 1 aliphatic heterocycles. The first-order chi connectivity index (χ1) is 9.30. The number of ether oxygens (including phenoxy) is 1. The lowest BCUT2D eigenvalue weighted by molar-refractivity contribution is -0.126. The molecule has 1 aliphatic rings. The summed E-state index contributed by atoms with van der Waals surface area (Å²) in [6, 6.07) is 1.48. The van der Waals surface area contributed by atoms with Crippen molar-refractivity contribution in [3.05, 3.63) is 33.3 Å². The zero-order valence-corrected chi connectivity index (χ0v) is 12.5. The van der Waals surface area contributed by atoms with Crippen molar-refractivity contribution in [3.8, 4) is 0 Å². The van der Waals surface area contributed by atoms with E-state index in [1.165, 1.54) is 13.2 Å². The van der Waals surface area contributed by atoms with Gasteiger partial charge in [-0.1, -0.05) is 18.5 Å². The molecule has 0 bridgehead atoms. The second-order valence-electron chi connectivity index (χ2n) is 4.57.